The zero-order valence-electron chi connectivity index (χ0n) is 8.57. The minimum absolute atomic E-state index is 0.595. The second kappa shape index (κ2) is 4.59. The second-order valence-electron chi connectivity index (χ2n) is 3.85. The minimum Gasteiger partial charge on any atom is -0.397 e. The fourth-order valence-corrected chi connectivity index (χ4v) is 3.25. The van der Waals surface area contributed by atoms with E-state index in [0.29, 0.717) is 16.5 Å². The van der Waals surface area contributed by atoms with Gasteiger partial charge in [-0.05, 0) is 25.0 Å². The highest BCUT2D eigenvalue weighted by molar-refractivity contribution is 8.00. The zero-order chi connectivity index (χ0) is 10.7. The predicted octanol–water partition coefficient (Wildman–Crippen LogP) is 3.18. The van der Waals surface area contributed by atoms with Crippen LogP contribution in [0.2, 0.25) is 0 Å². The van der Waals surface area contributed by atoms with Crippen molar-refractivity contribution in [1.82, 2.24) is 0 Å². The van der Waals surface area contributed by atoms with Crippen LogP contribution in [-0.4, -0.2) is 5.25 Å². The lowest BCUT2D eigenvalue weighted by Crippen LogP contribution is -1.98. The molecule has 2 rings (SSSR count). The van der Waals surface area contributed by atoms with E-state index >= 15 is 0 Å². The van der Waals surface area contributed by atoms with Crippen molar-refractivity contribution >= 4 is 17.4 Å². The van der Waals surface area contributed by atoms with Crippen LogP contribution in [0.5, 0.6) is 0 Å². The molecule has 1 aromatic carbocycles. The van der Waals surface area contributed by atoms with E-state index in [1.807, 2.05) is 23.9 Å². The van der Waals surface area contributed by atoms with Gasteiger partial charge in [-0.15, -0.1) is 11.8 Å². The van der Waals surface area contributed by atoms with E-state index in [1.165, 1.54) is 25.7 Å². The summed E-state index contributed by atoms with van der Waals surface area (Å²) in [6.45, 7) is 0. The summed E-state index contributed by atoms with van der Waals surface area (Å²) >= 11 is 1.83. The molecule has 0 spiro atoms. The van der Waals surface area contributed by atoms with E-state index in [0.717, 1.165) is 4.90 Å². The van der Waals surface area contributed by atoms with Gasteiger partial charge in [0, 0.05) is 10.1 Å². The van der Waals surface area contributed by atoms with E-state index in [-0.39, 0.29) is 0 Å². The van der Waals surface area contributed by atoms with Crippen molar-refractivity contribution in [3.8, 4) is 6.07 Å². The summed E-state index contributed by atoms with van der Waals surface area (Å²) in [6.07, 6.45) is 5.22. The standard InChI is InChI=1S/C12H14N2S/c13-8-9-4-3-7-11(12(9)14)15-10-5-1-2-6-10/h3-4,7,10H,1-2,5-6,14H2. The lowest BCUT2D eigenvalue weighted by Gasteiger charge is -2.11. The molecule has 78 valence electrons. The van der Waals surface area contributed by atoms with Crippen molar-refractivity contribution in [1.29, 1.82) is 5.26 Å². The monoisotopic (exact) mass is 218 g/mol. The van der Waals surface area contributed by atoms with Crippen molar-refractivity contribution in [2.24, 2.45) is 0 Å². The fourth-order valence-electron chi connectivity index (χ4n) is 1.93. The van der Waals surface area contributed by atoms with Crippen LogP contribution in [-0.2, 0) is 0 Å². The van der Waals surface area contributed by atoms with Crippen LogP contribution in [0.25, 0.3) is 0 Å². The Hall–Kier alpha value is -1.14. The number of hydrogen-bond acceptors (Lipinski definition) is 3. The molecule has 0 aliphatic heterocycles. The molecule has 0 unspecified atom stereocenters. The summed E-state index contributed by atoms with van der Waals surface area (Å²) in [7, 11) is 0. The maximum atomic E-state index is 8.86. The van der Waals surface area contributed by atoms with Gasteiger partial charge in [-0.25, -0.2) is 0 Å². The molecule has 2 N–H and O–H groups in total. The lowest BCUT2D eigenvalue weighted by atomic mass is 10.2. The van der Waals surface area contributed by atoms with Crippen LogP contribution < -0.4 is 5.73 Å². The van der Waals surface area contributed by atoms with Gasteiger partial charge >= 0.3 is 0 Å². The van der Waals surface area contributed by atoms with Gasteiger partial charge in [-0.2, -0.15) is 5.26 Å². The van der Waals surface area contributed by atoms with Gasteiger partial charge in [0.05, 0.1) is 11.3 Å². The van der Waals surface area contributed by atoms with Gasteiger partial charge in [0.1, 0.15) is 6.07 Å². The predicted molar refractivity (Wildman–Crippen MR) is 63.7 cm³/mol. The van der Waals surface area contributed by atoms with Crippen molar-refractivity contribution in [2.45, 2.75) is 35.8 Å². The number of nitrogens with zero attached hydrogens (tertiary/aromatic N) is 1. The Morgan fingerprint density at radius 3 is 2.73 bits per heavy atom. The average Bonchev–Trinajstić information content (AvgIpc) is 2.74. The van der Waals surface area contributed by atoms with Gasteiger partial charge < -0.3 is 5.73 Å². The molecular formula is C12H14N2S. The van der Waals surface area contributed by atoms with Gasteiger partial charge in [-0.1, -0.05) is 18.9 Å². The van der Waals surface area contributed by atoms with Crippen LogP contribution in [0.4, 0.5) is 5.69 Å². The smallest absolute Gasteiger partial charge is 0.101 e. The Kier molecular flexibility index (Phi) is 3.17. The molecule has 0 atom stereocenters. The van der Waals surface area contributed by atoms with Gasteiger partial charge in [0.15, 0.2) is 0 Å². The summed E-state index contributed by atoms with van der Waals surface area (Å²) < 4.78 is 0. The number of hydrogen-bond donors (Lipinski definition) is 1. The van der Waals surface area contributed by atoms with Crippen LogP contribution in [0.1, 0.15) is 31.2 Å². The van der Waals surface area contributed by atoms with E-state index in [4.69, 9.17) is 11.0 Å². The van der Waals surface area contributed by atoms with Crippen LogP contribution in [0, 0.1) is 11.3 Å². The highest BCUT2D eigenvalue weighted by atomic mass is 32.2. The normalized spacial score (nSPS) is 16.5. The minimum atomic E-state index is 0.595. The fraction of sp³-hybridized carbons (Fsp3) is 0.417. The third kappa shape index (κ3) is 2.27. The highest BCUT2D eigenvalue weighted by Crippen LogP contribution is 2.37. The largest absolute Gasteiger partial charge is 0.397 e. The molecule has 1 saturated carbocycles. The van der Waals surface area contributed by atoms with Gasteiger partial charge in [0.25, 0.3) is 0 Å². The summed E-state index contributed by atoms with van der Waals surface area (Å²) in [4.78, 5) is 1.07. The first-order valence-corrected chi connectivity index (χ1v) is 6.14. The number of thioether (sulfide) groups is 1. The number of para-hydroxylation sites is 1. The SMILES string of the molecule is N#Cc1cccc(SC2CCCC2)c1N. The van der Waals surface area contributed by atoms with Crippen LogP contribution in [0.15, 0.2) is 23.1 Å². The molecule has 0 bridgehead atoms. The molecule has 0 saturated heterocycles. The Labute approximate surface area is 94.5 Å². The van der Waals surface area contributed by atoms with Gasteiger partial charge in [-0.3, -0.25) is 0 Å². The lowest BCUT2D eigenvalue weighted by molar-refractivity contribution is 0.886. The first kappa shape index (κ1) is 10.4. The average molecular weight is 218 g/mol. The van der Waals surface area contributed by atoms with E-state index in [1.54, 1.807) is 6.07 Å². The maximum Gasteiger partial charge on any atom is 0.101 e. The number of rotatable bonds is 2. The Morgan fingerprint density at radius 1 is 1.33 bits per heavy atom. The summed E-state index contributed by atoms with van der Waals surface area (Å²) in [6, 6.07) is 7.82. The van der Waals surface area contributed by atoms with Crippen LogP contribution in [0.3, 0.4) is 0 Å². The Balaban J connectivity index is 2.17. The third-order valence-corrected chi connectivity index (χ3v) is 4.20. The molecule has 15 heavy (non-hydrogen) atoms. The molecule has 0 radical (unpaired) electrons. The summed E-state index contributed by atoms with van der Waals surface area (Å²) in [5, 5.41) is 9.56. The molecule has 2 nitrogen and oxygen atoms in total. The van der Waals surface area contributed by atoms with Crippen molar-refractivity contribution in [2.75, 3.05) is 5.73 Å². The number of nitrogen functional groups attached to an aromatic ring is 1. The maximum absolute atomic E-state index is 8.86. The van der Waals surface area contributed by atoms with E-state index in [2.05, 4.69) is 6.07 Å². The van der Waals surface area contributed by atoms with Crippen molar-refractivity contribution < 1.29 is 0 Å². The molecule has 3 heteroatoms. The highest BCUT2D eigenvalue weighted by Gasteiger charge is 2.17. The molecular weight excluding hydrogens is 204 g/mol. The van der Waals surface area contributed by atoms with Crippen molar-refractivity contribution in [3.63, 3.8) is 0 Å². The molecule has 0 heterocycles. The first-order chi connectivity index (χ1) is 7.31. The number of anilines is 1. The molecule has 1 aliphatic carbocycles. The number of nitrogens with two attached hydrogens (primary N) is 1. The molecule has 1 aromatic rings. The van der Waals surface area contributed by atoms with Crippen LogP contribution >= 0.6 is 11.8 Å². The Bertz CT molecular complexity index is 389. The van der Waals surface area contributed by atoms with E-state index in [9.17, 15) is 0 Å². The molecule has 1 aliphatic rings. The summed E-state index contributed by atoms with van der Waals surface area (Å²) in [5.41, 5.74) is 7.17. The summed E-state index contributed by atoms with van der Waals surface area (Å²) in [5.74, 6) is 0. The molecule has 0 amide bonds. The number of benzene rings is 1. The molecule has 0 aromatic heterocycles. The van der Waals surface area contributed by atoms with Gasteiger partial charge in [0.2, 0.25) is 0 Å². The zero-order valence-corrected chi connectivity index (χ0v) is 9.39. The third-order valence-electron chi connectivity index (χ3n) is 2.78. The quantitative estimate of drug-likeness (QED) is 0.776. The topological polar surface area (TPSA) is 49.8 Å². The second-order valence-corrected chi connectivity index (χ2v) is 5.20. The van der Waals surface area contributed by atoms with Crippen molar-refractivity contribution in [3.05, 3.63) is 23.8 Å². The molecule has 1 fully saturated rings. The number of nitriles is 1. The first-order valence-electron chi connectivity index (χ1n) is 5.26. The Morgan fingerprint density at radius 2 is 2.07 bits per heavy atom. The van der Waals surface area contributed by atoms with E-state index < -0.39 is 0 Å².